The average molecular weight is 352 g/mol. The first kappa shape index (κ1) is 17.7. The van der Waals surface area contributed by atoms with Crippen molar-refractivity contribution in [3.63, 3.8) is 0 Å². The molecule has 134 valence electrons. The van der Waals surface area contributed by atoms with Crippen LogP contribution in [0.3, 0.4) is 0 Å². The number of nitrogens with one attached hydrogen (secondary N) is 2. The minimum absolute atomic E-state index is 0.0189. The summed E-state index contributed by atoms with van der Waals surface area (Å²) in [5, 5.41) is 4.94. The minimum atomic E-state index is -0.641. The van der Waals surface area contributed by atoms with E-state index in [1.807, 2.05) is 36.4 Å². The first-order valence-corrected chi connectivity index (χ1v) is 8.50. The summed E-state index contributed by atoms with van der Waals surface area (Å²) in [6, 6.07) is 16.2. The van der Waals surface area contributed by atoms with Crippen molar-refractivity contribution in [3.05, 3.63) is 59.7 Å². The van der Waals surface area contributed by atoms with Gasteiger partial charge in [-0.05, 0) is 22.3 Å². The molecular formula is C20H20N2O4. The fourth-order valence-electron chi connectivity index (χ4n) is 3.13. The molecule has 2 N–H and O–H groups in total. The van der Waals surface area contributed by atoms with Gasteiger partial charge in [0.15, 0.2) is 0 Å². The van der Waals surface area contributed by atoms with E-state index in [0.717, 1.165) is 28.5 Å². The fourth-order valence-corrected chi connectivity index (χ4v) is 3.13. The van der Waals surface area contributed by atoms with Crippen LogP contribution in [-0.2, 0) is 14.3 Å². The van der Waals surface area contributed by atoms with E-state index in [9.17, 15) is 14.4 Å². The molecule has 2 aromatic carbocycles. The number of rotatable bonds is 7. The molecule has 3 rings (SSSR count). The first-order chi connectivity index (χ1) is 12.7. The van der Waals surface area contributed by atoms with Crippen LogP contribution < -0.4 is 10.6 Å². The van der Waals surface area contributed by atoms with Gasteiger partial charge in [-0.1, -0.05) is 48.5 Å². The second-order valence-corrected chi connectivity index (χ2v) is 5.98. The number of ether oxygens (including phenoxy) is 1. The Morgan fingerprint density at radius 2 is 1.58 bits per heavy atom. The van der Waals surface area contributed by atoms with E-state index in [2.05, 4.69) is 22.8 Å². The van der Waals surface area contributed by atoms with Crippen molar-refractivity contribution in [2.75, 3.05) is 19.7 Å². The molecule has 0 saturated carbocycles. The molecule has 0 aliphatic heterocycles. The molecule has 0 atom stereocenters. The van der Waals surface area contributed by atoms with Crippen molar-refractivity contribution in [2.24, 2.45) is 0 Å². The van der Waals surface area contributed by atoms with Gasteiger partial charge in [-0.15, -0.1) is 0 Å². The number of benzene rings is 2. The van der Waals surface area contributed by atoms with Crippen LogP contribution >= 0.6 is 0 Å². The number of alkyl carbamates (subject to hydrolysis) is 1. The maximum atomic E-state index is 11.9. The molecule has 6 nitrogen and oxygen atoms in total. The summed E-state index contributed by atoms with van der Waals surface area (Å²) in [6.07, 6.45) is 0.327. The molecule has 0 radical (unpaired) electrons. The molecule has 2 aromatic rings. The van der Waals surface area contributed by atoms with Crippen molar-refractivity contribution in [1.82, 2.24) is 10.6 Å². The molecule has 0 aromatic heterocycles. The smallest absolute Gasteiger partial charge is 0.407 e. The topological polar surface area (TPSA) is 84.5 Å². The summed E-state index contributed by atoms with van der Waals surface area (Å²) in [5.41, 5.74) is 4.58. The lowest BCUT2D eigenvalue weighted by Crippen LogP contribution is -2.38. The Hall–Kier alpha value is -3.15. The molecule has 0 saturated heterocycles. The van der Waals surface area contributed by atoms with Crippen molar-refractivity contribution < 1.29 is 19.1 Å². The summed E-state index contributed by atoms with van der Waals surface area (Å²) < 4.78 is 5.33. The Kier molecular flexibility index (Phi) is 5.63. The van der Waals surface area contributed by atoms with Crippen LogP contribution in [0.15, 0.2) is 48.5 Å². The van der Waals surface area contributed by atoms with E-state index < -0.39 is 6.09 Å². The zero-order chi connectivity index (χ0) is 18.4. The van der Waals surface area contributed by atoms with Gasteiger partial charge in [0.05, 0.1) is 6.54 Å². The first-order valence-electron chi connectivity index (χ1n) is 8.50. The lowest BCUT2D eigenvalue weighted by molar-refractivity contribution is -0.120. The molecule has 0 unspecified atom stereocenters. The average Bonchev–Trinajstić information content (AvgIpc) is 2.99. The molecule has 0 spiro atoms. The molecule has 0 bridgehead atoms. The highest BCUT2D eigenvalue weighted by Gasteiger charge is 2.28. The van der Waals surface area contributed by atoms with Crippen molar-refractivity contribution in [2.45, 2.75) is 12.3 Å². The minimum Gasteiger partial charge on any atom is -0.449 e. The largest absolute Gasteiger partial charge is 0.449 e. The third kappa shape index (κ3) is 3.91. The molecule has 2 amide bonds. The standard InChI is InChI=1S/C20H20N2O4/c23-11-5-10-21-19(24)12-22-20(25)26-13-18-16-8-3-1-6-14(16)15-7-2-4-9-17(15)18/h1-4,6-9,11,18H,5,10,12-13H2,(H,21,24)(H,22,25). The van der Waals surface area contributed by atoms with E-state index >= 15 is 0 Å². The van der Waals surface area contributed by atoms with Crippen molar-refractivity contribution in [1.29, 1.82) is 0 Å². The highest BCUT2D eigenvalue weighted by atomic mass is 16.5. The van der Waals surface area contributed by atoms with Gasteiger partial charge in [-0.3, -0.25) is 4.79 Å². The Morgan fingerprint density at radius 1 is 0.962 bits per heavy atom. The Labute approximate surface area is 151 Å². The number of amides is 2. The molecule has 1 aliphatic rings. The predicted molar refractivity (Wildman–Crippen MR) is 96.8 cm³/mol. The number of hydrogen-bond acceptors (Lipinski definition) is 4. The van der Waals surface area contributed by atoms with Gasteiger partial charge >= 0.3 is 6.09 Å². The Bertz CT molecular complexity index is 773. The predicted octanol–water partition coefficient (Wildman–Crippen LogP) is 2.23. The van der Waals surface area contributed by atoms with Crippen LogP contribution in [0.4, 0.5) is 4.79 Å². The maximum absolute atomic E-state index is 11.9. The number of hydrogen-bond donors (Lipinski definition) is 2. The lowest BCUT2D eigenvalue weighted by Gasteiger charge is -2.14. The fraction of sp³-hybridized carbons (Fsp3) is 0.250. The van der Waals surface area contributed by atoms with Crippen LogP contribution in [-0.4, -0.2) is 38.0 Å². The van der Waals surface area contributed by atoms with Gasteiger partial charge in [0.2, 0.25) is 5.91 Å². The second-order valence-electron chi connectivity index (χ2n) is 5.98. The van der Waals surface area contributed by atoms with Crippen molar-refractivity contribution in [3.8, 4) is 11.1 Å². The zero-order valence-electron chi connectivity index (χ0n) is 14.2. The van der Waals surface area contributed by atoms with Gasteiger partial charge in [0.1, 0.15) is 12.9 Å². The van der Waals surface area contributed by atoms with E-state index in [1.165, 1.54) is 0 Å². The van der Waals surface area contributed by atoms with Crippen LogP contribution in [0.1, 0.15) is 23.5 Å². The number of carbonyl (C=O) groups is 3. The molecule has 6 heteroatoms. The normalized spacial score (nSPS) is 12.0. The molecule has 0 fully saturated rings. The monoisotopic (exact) mass is 352 g/mol. The van der Waals surface area contributed by atoms with E-state index in [4.69, 9.17) is 4.74 Å². The highest BCUT2D eigenvalue weighted by molar-refractivity contribution is 5.82. The summed E-state index contributed by atoms with van der Waals surface area (Å²) in [7, 11) is 0. The summed E-state index contributed by atoms with van der Waals surface area (Å²) in [5.74, 6) is -0.380. The second kappa shape index (κ2) is 8.29. The third-order valence-electron chi connectivity index (χ3n) is 4.32. The van der Waals surface area contributed by atoms with E-state index in [0.29, 0.717) is 0 Å². The van der Waals surface area contributed by atoms with Gasteiger partial charge in [0.25, 0.3) is 0 Å². The van der Waals surface area contributed by atoms with Crippen molar-refractivity contribution >= 4 is 18.3 Å². The molecule has 0 heterocycles. The Balaban J connectivity index is 1.56. The lowest BCUT2D eigenvalue weighted by atomic mass is 9.98. The highest BCUT2D eigenvalue weighted by Crippen LogP contribution is 2.44. The molecular weight excluding hydrogens is 332 g/mol. The van der Waals surface area contributed by atoms with Crippen LogP contribution in [0.2, 0.25) is 0 Å². The quantitative estimate of drug-likeness (QED) is 0.591. The number of fused-ring (bicyclic) bond motifs is 3. The summed E-state index contributed by atoms with van der Waals surface area (Å²) in [6.45, 7) is 0.275. The zero-order valence-corrected chi connectivity index (χ0v) is 14.2. The third-order valence-corrected chi connectivity index (χ3v) is 4.32. The summed E-state index contributed by atoms with van der Waals surface area (Å²) >= 11 is 0. The van der Waals surface area contributed by atoms with Gasteiger partial charge in [0, 0.05) is 18.9 Å². The van der Waals surface area contributed by atoms with E-state index in [-0.39, 0.29) is 37.9 Å². The van der Waals surface area contributed by atoms with Gasteiger partial charge < -0.3 is 20.2 Å². The number of carbonyl (C=O) groups excluding carboxylic acids is 3. The SMILES string of the molecule is O=CCCNC(=O)CNC(=O)OCC1c2ccccc2-c2ccccc21. The summed E-state index contributed by atoms with van der Waals surface area (Å²) in [4.78, 5) is 33.6. The van der Waals surface area contributed by atoms with Gasteiger partial charge in [-0.25, -0.2) is 4.79 Å². The maximum Gasteiger partial charge on any atom is 0.407 e. The van der Waals surface area contributed by atoms with Crippen LogP contribution in [0, 0.1) is 0 Å². The van der Waals surface area contributed by atoms with Gasteiger partial charge in [-0.2, -0.15) is 0 Å². The molecule has 1 aliphatic carbocycles. The van der Waals surface area contributed by atoms with E-state index in [1.54, 1.807) is 0 Å². The van der Waals surface area contributed by atoms with Crippen LogP contribution in [0.5, 0.6) is 0 Å². The Morgan fingerprint density at radius 3 is 2.19 bits per heavy atom. The molecule has 26 heavy (non-hydrogen) atoms. The van der Waals surface area contributed by atoms with Crippen LogP contribution in [0.25, 0.3) is 11.1 Å². The number of aldehydes is 1.